The molecule has 29 heavy (non-hydrogen) atoms. The molecule has 2 N–H and O–H groups in total. The number of fused-ring (bicyclic) bond motifs is 5. The second-order valence-electron chi connectivity index (χ2n) is 11.0. The van der Waals surface area contributed by atoms with Crippen molar-refractivity contribution < 1.29 is 24.5 Å². The average Bonchev–Trinajstić information content (AvgIpc) is 3.24. The van der Waals surface area contributed by atoms with Gasteiger partial charge in [-0.25, -0.2) is 0 Å². The highest BCUT2D eigenvalue weighted by Gasteiger charge is 2.64. The van der Waals surface area contributed by atoms with E-state index >= 15 is 0 Å². The number of ether oxygens (including phenoxy) is 2. The molecule has 4 fully saturated rings. The van der Waals surface area contributed by atoms with E-state index in [9.17, 15) is 9.90 Å². The van der Waals surface area contributed by atoms with Gasteiger partial charge in [0.25, 0.3) is 0 Å². The van der Waals surface area contributed by atoms with Crippen LogP contribution in [-0.2, 0) is 14.3 Å². The van der Waals surface area contributed by atoms with Crippen LogP contribution in [0.3, 0.4) is 0 Å². The number of carboxylic acid groups (broad SMARTS) is 1. The molecule has 0 amide bonds. The Morgan fingerprint density at radius 2 is 1.83 bits per heavy atom. The van der Waals surface area contributed by atoms with Gasteiger partial charge in [-0.1, -0.05) is 25.5 Å². The number of aliphatic hydroxyl groups is 1. The van der Waals surface area contributed by atoms with Crippen LogP contribution < -0.4 is 0 Å². The van der Waals surface area contributed by atoms with Crippen molar-refractivity contribution in [3.63, 3.8) is 0 Å². The van der Waals surface area contributed by atoms with Crippen LogP contribution in [-0.4, -0.2) is 40.8 Å². The van der Waals surface area contributed by atoms with E-state index in [1.54, 1.807) is 0 Å². The average molecular weight is 405 g/mol. The standard InChI is InChI=1S/C24H36O5/c1-21-11-12-24(28-13-14-29-24)15-16(21)3-4-17-18(21)5-8-22(2)19(17)6-9-23(22,27)10-7-20(25)26/h3,17-19,27H,4-15H2,1-2H3,(H,25,26)/t17-,18+,19+,21+,22+,23-/m1/s1. The molecule has 1 saturated heterocycles. The Balaban J connectivity index is 1.40. The molecule has 5 heteroatoms. The maximum atomic E-state index is 11.5. The second kappa shape index (κ2) is 6.54. The molecule has 1 spiro atoms. The zero-order valence-corrected chi connectivity index (χ0v) is 17.9. The molecule has 0 aromatic rings. The smallest absolute Gasteiger partial charge is 0.303 e. The van der Waals surface area contributed by atoms with Gasteiger partial charge in [0.1, 0.15) is 0 Å². The Kier molecular flexibility index (Phi) is 4.52. The molecule has 5 aliphatic rings. The first-order valence-corrected chi connectivity index (χ1v) is 11.6. The zero-order chi connectivity index (χ0) is 20.5. The predicted molar refractivity (Wildman–Crippen MR) is 108 cm³/mol. The van der Waals surface area contributed by atoms with Crippen molar-refractivity contribution in [1.82, 2.24) is 0 Å². The van der Waals surface area contributed by atoms with Crippen LogP contribution in [0.25, 0.3) is 0 Å². The summed E-state index contributed by atoms with van der Waals surface area (Å²) in [5.41, 5.74) is 0.772. The van der Waals surface area contributed by atoms with Crippen molar-refractivity contribution >= 4 is 5.97 Å². The molecule has 6 atom stereocenters. The highest BCUT2D eigenvalue weighted by atomic mass is 16.7. The van der Waals surface area contributed by atoms with Gasteiger partial charge in [-0.2, -0.15) is 0 Å². The summed E-state index contributed by atoms with van der Waals surface area (Å²) in [6.45, 7) is 6.14. The van der Waals surface area contributed by atoms with Crippen LogP contribution in [0.4, 0.5) is 0 Å². The van der Waals surface area contributed by atoms with Gasteiger partial charge in [-0.05, 0) is 73.5 Å². The minimum atomic E-state index is -0.825. The predicted octanol–water partition coefficient (Wildman–Crippen LogP) is 4.29. The van der Waals surface area contributed by atoms with Crippen LogP contribution in [0.1, 0.15) is 78.1 Å². The van der Waals surface area contributed by atoms with Crippen LogP contribution in [0.5, 0.6) is 0 Å². The van der Waals surface area contributed by atoms with Crippen LogP contribution in [0.2, 0.25) is 0 Å². The number of allylic oxidation sites excluding steroid dienone is 1. The summed E-state index contributed by atoms with van der Waals surface area (Å²) in [7, 11) is 0. The summed E-state index contributed by atoms with van der Waals surface area (Å²) in [5, 5.41) is 20.7. The molecule has 0 aromatic carbocycles. The molecule has 3 saturated carbocycles. The lowest BCUT2D eigenvalue weighted by molar-refractivity contribution is -0.188. The molecule has 1 aliphatic heterocycles. The second-order valence-corrected chi connectivity index (χ2v) is 11.0. The molecular formula is C24H36O5. The van der Waals surface area contributed by atoms with Gasteiger partial charge in [0.05, 0.1) is 18.8 Å². The van der Waals surface area contributed by atoms with Gasteiger partial charge in [0.15, 0.2) is 5.79 Å². The summed E-state index contributed by atoms with van der Waals surface area (Å²) < 4.78 is 12.1. The summed E-state index contributed by atoms with van der Waals surface area (Å²) in [5.74, 6) is 0.571. The highest BCUT2D eigenvalue weighted by Crippen LogP contribution is 2.68. The molecule has 5 nitrogen and oxygen atoms in total. The maximum Gasteiger partial charge on any atom is 0.303 e. The molecular weight excluding hydrogens is 368 g/mol. The van der Waals surface area contributed by atoms with E-state index in [1.165, 1.54) is 5.57 Å². The van der Waals surface area contributed by atoms with Crippen LogP contribution >= 0.6 is 0 Å². The van der Waals surface area contributed by atoms with E-state index in [-0.39, 0.29) is 23.0 Å². The summed E-state index contributed by atoms with van der Waals surface area (Å²) in [6, 6.07) is 0. The Labute approximate surface area is 173 Å². The first-order chi connectivity index (χ1) is 13.7. The van der Waals surface area contributed by atoms with E-state index in [2.05, 4.69) is 19.9 Å². The fraction of sp³-hybridized carbons (Fsp3) is 0.875. The van der Waals surface area contributed by atoms with Crippen molar-refractivity contribution in [3.8, 4) is 0 Å². The molecule has 4 aliphatic carbocycles. The molecule has 0 unspecified atom stereocenters. The quantitative estimate of drug-likeness (QED) is 0.687. The molecule has 0 radical (unpaired) electrons. The largest absolute Gasteiger partial charge is 0.481 e. The van der Waals surface area contributed by atoms with E-state index in [1.807, 2.05) is 0 Å². The molecule has 0 bridgehead atoms. The summed E-state index contributed by atoms with van der Waals surface area (Å²) in [6.07, 6.45) is 11.0. The summed E-state index contributed by atoms with van der Waals surface area (Å²) in [4.78, 5) is 11.2. The van der Waals surface area contributed by atoms with Crippen LogP contribution in [0.15, 0.2) is 11.6 Å². The van der Waals surface area contributed by atoms with Gasteiger partial charge < -0.3 is 19.7 Å². The van der Waals surface area contributed by atoms with E-state index in [4.69, 9.17) is 14.6 Å². The third-order valence-corrected chi connectivity index (χ3v) is 10.00. The Bertz CT molecular complexity index is 725. The first kappa shape index (κ1) is 20.0. The van der Waals surface area contributed by atoms with Gasteiger partial charge in [0.2, 0.25) is 0 Å². The summed E-state index contributed by atoms with van der Waals surface area (Å²) >= 11 is 0. The van der Waals surface area contributed by atoms with E-state index < -0.39 is 11.6 Å². The van der Waals surface area contributed by atoms with Gasteiger partial charge in [0, 0.05) is 19.3 Å². The van der Waals surface area contributed by atoms with Gasteiger partial charge in [-0.3, -0.25) is 4.79 Å². The number of carboxylic acids is 1. The fourth-order valence-corrected chi connectivity index (χ4v) is 8.18. The first-order valence-electron chi connectivity index (χ1n) is 11.6. The van der Waals surface area contributed by atoms with Gasteiger partial charge >= 0.3 is 5.97 Å². The Morgan fingerprint density at radius 3 is 2.55 bits per heavy atom. The fourth-order valence-electron chi connectivity index (χ4n) is 8.18. The van der Waals surface area contributed by atoms with Gasteiger partial charge in [-0.15, -0.1) is 0 Å². The normalized spacial score (nSPS) is 48.0. The number of hydrogen-bond acceptors (Lipinski definition) is 4. The minimum Gasteiger partial charge on any atom is -0.481 e. The number of rotatable bonds is 3. The molecule has 1 heterocycles. The van der Waals surface area contributed by atoms with Crippen molar-refractivity contribution in [2.75, 3.05) is 13.2 Å². The lowest BCUT2D eigenvalue weighted by atomic mass is 9.46. The lowest BCUT2D eigenvalue weighted by Crippen LogP contribution is -2.55. The molecule has 0 aromatic heterocycles. The lowest BCUT2D eigenvalue weighted by Gasteiger charge is -2.59. The topological polar surface area (TPSA) is 76.0 Å². The minimum absolute atomic E-state index is 0.0662. The SMILES string of the molecule is C[C@]12CCC3(CC1=CC[C@@H]1[C@@H]2CC[C@@]2(C)[C@H]1CC[C@@]2(O)CCC(=O)O)OCCO3. The monoisotopic (exact) mass is 404 g/mol. The Hall–Kier alpha value is -0.910. The third-order valence-electron chi connectivity index (χ3n) is 10.00. The molecule has 5 rings (SSSR count). The van der Waals surface area contributed by atoms with Crippen molar-refractivity contribution in [2.45, 2.75) is 89.4 Å². The third kappa shape index (κ3) is 2.80. The maximum absolute atomic E-state index is 11.5. The van der Waals surface area contributed by atoms with E-state index in [0.717, 1.165) is 51.4 Å². The highest BCUT2D eigenvalue weighted by molar-refractivity contribution is 5.66. The Morgan fingerprint density at radius 1 is 1.10 bits per heavy atom. The molecule has 162 valence electrons. The zero-order valence-electron chi connectivity index (χ0n) is 17.9. The van der Waals surface area contributed by atoms with Crippen molar-refractivity contribution in [3.05, 3.63) is 11.6 Å². The van der Waals surface area contributed by atoms with E-state index in [0.29, 0.717) is 37.4 Å². The number of hydrogen-bond donors (Lipinski definition) is 2. The number of aliphatic carboxylic acids is 1. The number of carbonyl (C=O) groups is 1. The van der Waals surface area contributed by atoms with Crippen molar-refractivity contribution in [1.29, 1.82) is 0 Å². The van der Waals surface area contributed by atoms with Crippen LogP contribution in [0, 0.1) is 28.6 Å². The van der Waals surface area contributed by atoms with Crippen molar-refractivity contribution in [2.24, 2.45) is 28.6 Å².